The third kappa shape index (κ3) is 4.88. The lowest BCUT2D eigenvalue weighted by Crippen LogP contribution is -2.53. The smallest absolute Gasteiger partial charge is 0.320 e. The first-order chi connectivity index (χ1) is 13.0. The molecule has 3 N–H and O–H groups in total. The van der Waals surface area contributed by atoms with Crippen molar-refractivity contribution in [2.24, 2.45) is 53.1 Å². The molecular weight excluding hydrogens is 465 g/mol. The minimum atomic E-state index is -0.887. The average molecular weight is 507 g/mol. The molecule has 2 aliphatic carbocycles. The van der Waals surface area contributed by atoms with Gasteiger partial charge in [-0.3, -0.25) is 4.79 Å². The zero-order valence-electron chi connectivity index (χ0n) is 18.8. The van der Waals surface area contributed by atoms with Crippen LogP contribution in [0, 0.1) is 47.3 Å². The highest BCUT2D eigenvalue weighted by Gasteiger charge is 2.47. The molecular formula is C23H42INO3. The van der Waals surface area contributed by atoms with Crippen molar-refractivity contribution in [1.82, 2.24) is 0 Å². The Kier molecular flexibility index (Phi) is 8.67. The molecule has 28 heavy (non-hydrogen) atoms. The van der Waals surface area contributed by atoms with Crippen molar-refractivity contribution in [3.8, 4) is 0 Å². The van der Waals surface area contributed by atoms with Crippen LogP contribution in [0.15, 0.2) is 0 Å². The van der Waals surface area contributed by atoms with Gasteiger partial charge in [-0.2, -0.15) is 0 Å². The third-order valence-electron chi connectivity index (χ3n) is 8.43. The van der Waals surface area contributed by atoms with Crippen molar-refractivity contribution < 1.29 is 14.6 Å². The molecule has 0 aromatic heterocycles. The van der Waals surface area contributed by atoms with E-state index >= 15 is 0 Å². The fourth-order valence-corrected chi connectivity index (χ4v) is 7.32. The largest absolute Gasteiger partial charge is 0.480 e. The maximum absolute atomic E-state index is 11.3. The number of aliphatic carboxylic acids is 1. The highest BCUT2D eigenvalue weighted by Crippen LogP contribution is 2.48. The molecule has 0 spiro atoms. The van der Waals surface area contributed by atoms with Gasteiger partial charge in [0.25, 0.3) is 0 Å². The number of hydrogen-bond acceptors (Lipinski definition) is 3. The molecule has 0 radical (unpaired) electrons. The van der Waals surface area contributed by atoms with Crippen molar-refractivity contribution in [1.29, 1.82) is 0 Å². The number of carbonyl (C=O) groups is 1. The van der Waals surface area contributed by atoms with Gasteiger partial charge in [0.2, 0.25) is 0 Å². The van der Waals surface area contributed by atoms with Crippen LogP contribution in [-0.4, -0.2) is 33.3 Å². The summed E-state index contributed by atoms with van der Waals surface area (Å²) in [4.78, 5) is 11.3. The molecule has 2 fully saturated rings. The third-order valence-corrected chi connectivity index (χ3v) is 10.6. The van der Waals surface area contributed by atoms with E-state index in [2.05, 4.69) is 71.1 Å². The molecule has 10 unspecified atom stereocenters. The summed E-state index contributed by atoms with van der Waals surface area (Å²) in [5.74, 6) is 3.05. The Morgan fingerprint density at radius 3 is 2.04 bits per heavy atom. The zero-order valence-corrected chi connectivity index (χ0v) is 20.9. The number of carboxylic acid groups (broad SMARTS) is 1. The van der Waals surface area contributed by atoms with E-state index in [-0.39, 0.29) is 6.10 Å². The SMILES string of the molecule is CCC1CC(C)C(OC2C(C)C(C)C(CC(N)C(=O)O)C(C)C2C)C(C)C1I. The standard InChI is InChI=1S/C23H42INO3/c1-8-17-9-11(2)21(16(7)20(17)24)28-22-14(5)12(3)18(13(4)15(22)6)10-19(25)23(26)27/h11-22H,8-10,25H2,1-7H3,(H,26,27). The first kappa shape index (κ1) is 24.4. The van der Waals surface area contributed by atoms with Crippen LogP contribution in [0.3, 0.4) is 0 Å². The summed E-state index contributed by atoms with van der Waals surface area (Å²) < 4.78 is 7.61. The zero-order chi connectivity index (χ0) is 21.3. The van der Waals surface area contributed by atoms with Crippen LogP contribution in [0.2, 0.25) is 0 Å². The molecule has 0 aromatic carbocycles. The van der Waals surface area contributed by atoms with E-state index in [4.69, 9.17) is 10.5 Å². The van der Waals surface area contributed by atoms with Crippen LogP contribution in [0.5, 0.6) is 0 Å². The van der Waals surface area contributed by atoms with Gasteiger partial charge in [-0.25, -0.2) is 0 Å². The van der Waals surface area contributed by atoms with Crippen LogP contribution in [0.25, 0.3) is 0 Å². The summed E-state index contributed by atoms with van der Waals surface area (Å²) in [5.41, 5.74) is 5.89. The highest BCUT2D eigenvalue weighted by atomic mass is 127. The van der Waals surface area contributed by atoms with E-state index in [1.165, 1.54) is 12.8 Å². The average Bonchev–Trinajstić information content (AvgIpc) is 2.65. The van der Waals surface area contributed by atoms with Gasteiger partial charge in [-0.1, -0.05) is 77.5 Å². The second-order valence-electron chi connectivity index (χ2n) is 10.0. The van der Waals surface area contributed by atoms with E-state index in [0.29, 0.717) is 57.9 Å². The molecule has 2 rings (SSSR count). The number of ether oxygens (including phenoxy) is 1. The topological polar surface area (TPSA) is 72.5 Å². The maximum Gasteiger partial charge on any atom is 0.320 e. The second-order valence-corrected chi connectivity index (χ2v) is 11.5. The van der Waals surface area contributed by atoms with Gasteiger partial charge >= 0.3 is 5.97 Å². The molecule has 0 aliphatic heterocycles. The van der Waals surface area contributed by atoms with E-state index < -0.39 is 12.0 Å². The summed E-state index contributed by atoms with van der Waals surface area (Å²) in [6.07, 6.45) is 3.63. The molecule has 0 heterocycles. The lowest BCUT2D eigenvalue weighted by molar-refractivity contribution is -0.164. The Labute approximate surface area is 185 Å². The molecule has 5 heteroatoms. The molecule has 0 aromatic rings. The Bertz CT molecular complexity index is 514. The maximum atomic E-state index is 11.3. The highest BCUT2D eigenvalue weighted by molar-refractivity contribution is 14.1. The summed E-state index contributed by atoms with van der Waals surface area (Å²) in [6, 6.07) is -0.768. The summed E-state index contributed by atoms with van der Waals surface area (Å²) >= 11 is 2.66. The van der Waals surface area contributed by atoms with Gasteiger partial charge in [-0.15, -0.1) is 0 Å². The van der Waals surface area contributed by atoms with Gasteiger partial charge in [0, 0.05) is 3.92 Å². The first-order valence-electron chi connectivity index (χ1n) is 11.3. The van der Waals surface area contributed by atoms with Crippen molar-refractivity contribution in [3.05, 3.63) is 0 Å². The minimum Gasteiger partial charge on any atom is -0.480 e. The fraction of sp³-hybridized carbons (Fsp3) is 0.957. The van der Waals surface area contributed by atoms with Crippen LogP contribution in [0.4, 0.5) is 0 Å². The van der Waals surface area contributed by atoms with Crippen molar-refractivity contribution in [2.45, 2.75) is 89.9 Å². The van der Waals surface area contributed by atoms with Gasteiger partial charge in [0.1, 0.15) is 6.04 Å². The lowest BCUT2D eigenvalue weighted by Gasteiger charge is -2.52. The summed E-state index contributed by atoms with van der Waals surface area (Å²) in [5, 5.41) is 9.26. The molecule has 164 valence electrons. The number of carboxylic acids is 1. The quantitative estimate of drug-likeness (QED) is 0.382. The fourth-order valence-electron chi connectivity index (χ4n) is 6.11. The molecule has 4 nitrogen and oxygen atoms in total. The van der Waals surface area contributed by atoms with Gasteiger partial charge < -0.3 is 15.6 Å². The van der Waals surface area contributed by atoms with Crippen LogP contribution >= 0.6 is 22.6 Å². The van der Waals surface area contributed by atoms with E-state index in [9.17, 15) is 9.90 Å². The van der Waals surface area contributed by atoms with Crippen molar-refractivity contribution >= 4 is 28.6 Å². The number of halogens is 1. The van der Waals surface area contributed by atoms with E-state index in [0.717, 1.165) is 5.92 Å². The van der Waals surface area contributed by atoms with Crippen LogP contribution in [0.1, 0.15) is 67.7 Å². The molecule has 0 amide bonds. The first-order valence-corrected chi connectivity index (χ1v) is 12.5. The summed E-state index contributed by atoms with van der Waals surface area (Å²) in [7, 11) is 0. The van der Waals surface area contributed by atoms with Gasteiger partial charge in [-0.05, 0) is 60.2 Å². The second kappa shape index (κ2) is 9.95. The van der Waals surface area contributed by atoms with E-state index in [1.807, 2.05) is 0 Å². The van der Waals surface area contributed by atoms with Crippen molar-refractivity contribution in [2.75, 3.05) is 0 Å². The lowest BCUT2D eigenvalue weighted by atomic mass is 9.60. The van der Waals surface area contributed by atoms with E-state index in [1.54, 1.807) is 0 Å². The number of hydrogen-bond donors (Lipinski definition) is 2. The molecule has 2 aliphatic rings. The molecule has 10 atom stereocenters. The predicted octanol–water partition coefficient (Wildman–Crippen LogP) is 5.22. The number of alkyl halides is 1. The van der Waals surface area contributed by atoms with Crippen molar-refractivity contribution in [3.63, 3.8) is 0 Å². The Hall–Kier alpha value is 0.120. The molecule has 2 saturated carbocycles. The summed E-state index contributed by atoms with van der Waals surface area (Å²) in [6.45, 7) is 16.2. The Balaban J connectivity index is 2.13. The Morgan fingerprint density at radius 2 is 1.57 bits per heavy atom. The Morgan fingerprint density at radius 1 is 1.04 bits per heavy atom. The van der Waals surface area contributed by atoms with Gasteiger partial charge in [0.05, 0.1) is 12.2 Å². The van der Waals surface area contributed by atoms with Crippen LogP contribution < -0.4 is 5.73 Å². The number of nitrogens with two attached hydrogens (primary N) is 1. The normalized spacial score (nSPS) is 48.2. The minimum absolute atomic E-state index is 0.235. The predicted molar refractivity (Wildman–Crippen MR) is 124 cm³/mol. The monoisotopic (exact) mass is 507 g/mol. The van der Waals surface area contributed by atoms with Gasteiger partial charge in [0.15, 0.2) is 0 Å². The molecule has 0 bridgehead atoms. The van der Waals surface area contributed by atoms with Crippen LogP contribution in [-0.2, 0) is 9.53 Å². The number of rotatable bonds is 6. The molecule has 0 saturated heterocycles.